The van der Waals surface area contributed by atoms with E-state index in [2.05, 4.69) is 5.10 Å². The number of carbonyl (C=O) groups excluding carboxylic acids is 2. The lowest BCUT2D eigenvalue weighted by atomic mass is 10.2. The number of esters is 1. The minimum atomic E-state index is -0.560. The monoisotopic (exact) mass is 266 g/mol. The summed E-state index contributed by atoms with van der Waals surface area (Å²) >= 11 is 5.84. The summed E-state index contributed by atoms with van der Waals surface area (Å²) in [7, 11) is 0. The Hall–Kier alpha value is -1.88. The van der Waals surface area contributed by atoms with Gasteiger partial charge in [-0.15, -0.1) is 0 Å². The van der Waals surface area contributed by atoms with Crippen LogP contribution in [0.15, 0.2) is 29.4 Å². The van der Waals surface area contributed by atoms with E-state index in [1.807, 2.05) is 0 Å². The SMILES string of the molecule is CCOC(=O)C1=NN(c2cccc(Cl)c2)C(=O)C1. The highest BCUT2D eigenvalue weighted by molar-refractivity contribution is 6.42. The lowest BCUT2D eigenvalue weighted by Crippen LogP contribution is -2.19. The van der Waals surface area contributed by atoms with Crippen LogP contribution in [-0.2, 0) is 14.3 Å². The summed E-state index contributed by atoms with van der Waals surface area (Å²) in [5.74, 6) is -0.837. The summed E-state index contributed by atoms with van der Waals surface area (Å²) < 4.78 is 4.81. The minimum absolute atomic E-state index is 0.0503. The van der Waals surface area contributed by atoms with Crippen molar-refractivity contribution in [1.82, 2.24) is 0 Å². The Kier molecular flexibility index (Phi) is 3.62. The predicted octanol–water partition coefficient (Wildman–Crippen LogP) is 2.00. The first-order valence-electron chi connectivity index (χ1n) is 5.45. The third-order valence-electron chi connectivity index (χ3n) is 2.34. The second-order valence-electron chi connectivity index (χ2n) is 3.63. The van der Waals surface area contributed by atoms with Crippen LogP contribution in [0.3, 0.4) is 0 Å². The maximum Gasteiger partial charge on any atom is 0.355 e. The summed E-state index contributed by atoms with van der Waals surface area (Å²) in [6.07, 6.45) is -0.0503. The fourth-order valence-electron chi connectivity index (χ4n) is 1.57. The van der Waals surface area contributed by atoms with Crippen LogP contribution >= 0.6 is 11.6 Å². The number of amides is 1. The van der Waals surface area contributed by atoms with E-state index in [-0.39, 0.29) is 24.6 Å². The van der Waals surface area contributed by atoms with Gasteiger partial charge in [-0.2, -0.15) is 10.1 Å². The van der Waals surface area contributed by atoms with Crippen LogP contribution in [0.5, 0.6) is 0 Å². The van der Waals surface area contributed by atoms with Gasteiger partial charge >= 0.3 is 5.97 Å². The van der Waals surface area contributed by atoms with Crippen LogP contribution in [0.4, 0.5) is 5.69 Å². The molecule has 0 bridgehead atoms. The molecule has 6 heteroatoms. The topological polar surface area (TPSA) is 59.0 Å². The zero-order valence-electron chi connectivity index (χ0n) is 9.72. The van der Waals surface area contributed by atoms with Crippen LogP contribution in [-0.4, -0.2) is 24.2 Å². The van der Waals surface area contributed by atoms with Gasteiger partial charge in [0.05, 0.1) is 18.7 Å². The number of nitrogens with zero attached hydrogens (tertiary/aromatic N) is 2. The van der Waals surface area contributed by atoms with E-state index >= 15 is 0 Å². The Morgan fingerprint density at radius 1 is 1.56 bits per heavy atom. The molecule has 2 rings (SSSR count). The van der Waals surface area contributed by atoms with Gasteiger partial charge in [-0.3, -0.25) is 4.79 Å². The number of benzene rings is 1. The zero-order chi connectivity index (χ0) is 13.1. The Labute approximate surface area is 109 Å². The van der Waals surface area contributed by atoms with Gasteiger partial charge in [0, 0.05) is 5.02 Å². The van der Waals surface area contributed by atoms with E-state index in [9.17, 15) is 9.59 Å². The van der Waals surface area contributed by atoms with Gasteiger partial charge in [0.2, 0.25) is 0 Å². The number of hydrazone groups is 1. The Morgan fingerprint density at radius 3 is 3.00 bits per heavy atom. The van der Waals surface area contributed by atoms with E-state index in [0.717, 1.165) is 5.01 Å². The summed E-state index contributed by atoms with van der Waals surface area (Å²) in [4.78, 5) is 23.2. The highest BCUT2D eigenvalue weighted by atomic mass is 35.5. The molecule has 0 atom stereocenters. The molecule has 1 aliphatic rings. The standard InChI is InChI=1S/C12H11ClN2O3/c1-2-18-12(17)10-7-11(16)15(14-10)9-5-3-4-8(13)6-9/h3-6H,2,7H2,1H3. The van der Waals surface area contributed by atoms with Crippen LogP contribution < -0.4 is 5.01 Å². The van der Waals surface area contributed by atoms with Gasteiger partial charge in [-0.05, 0) is 25.1 Å². The number of rotatable bonds is 3. The molecule has 0 N–H and O–H groups in total. The fraction of sp³-hybridized carbons (Fsp3) is 0.250. The van der Waals surface area contributed by atoms with E-state index in [0.29, 0.717) is 10.7 Å². The van der Waals surface area contributed by atoms with Crippen LogP contribution in [0.25, 0.3) is 0 Å². The molecule has 0 spiro atoms. The van der Waals surface area contributed by atoms with Crippen molar-refractivity contribution in [2.45, 2.75) is 13.3 Å². The number of hydrogen-bond donors (Lipinski definition) is 0. The molecule has 94 valence electrons. The second kappa shape index (κ2) is 5.18. The van der Waals surface area contributed by atoms with Crippen molar-refractivity contribution in [3.63, 3.8) is 0 Å². The highest BCUT2D eigenvalue weighted by Gasteiger charge is 2.30. The van der Waals surface area contributed by atoms with Gasteiger partial charge < -0.3 is 4.74 Å². The lowest BCUT2D eigenvalue weighted by Gasteiger charge is -2.11. The van der Waals surface area contributed by atoms with Crippen molar-refractivity contribution >= 4 is 34.9 Å². The molecule has 1 aromatic carbocycles. The lowest BCUT2D eigenvalue weighted by molar-refractivity contribution is -0.135. The Morgan fingerprint density at radius 2 is 2.33 bits per heavy atom. The quantitative estimate of drug-likeness (QED) is 0.786. The van der Waals surface area contributed by atoms with E-state index < -0.39 is 5.97 Å². The average molecular weight is 267 g/mol. The van der Waals surface area contributed by atoms with Crippen LogP contribution in [0.2, 0.25) is 5.02 Å². The van der Waals surface area contributed by atoms with Crippen molar-refractivity contribution in [2.24, 2.45) is 5.10 Å². The molecule has 18 heavy (non-hydrogen) atoms. The molecule has 5 nitrogen and oxygen atoms in total. The number of carbonyl (C=O) groups is 2. The Bertz CT molecular complexity index is 528. The first-order valence-corrected chi connectivity index (χ1v) is 5.82. The molecule has 0 aromatic heterocycles. The normalized spacial score (nSPS) is 14.7. The summed E-state index contributed by atoms with van der Waals surface area (Å²) in [5, 5.41) is 5.63. The largest absolute Gasteiger partial charge is 0.461 e. The molecular weight excluding hydrogens is 256 g/mol. The van der Waals surface area contributed by atoms with Crippen LogP contribution in [0, 0.1) is 0 Å². The molecule has 0 aliphatic carbocycles. The molecule has 0 fully saturated rings. The van der Waals surface area contributed by atoms with Gasteiger partial charge in [0.1, 0.15) is 0 Å². The highest BCUT2D eigenvalue weighted by Crippen LogP contribution is 2.23. The average Bonchev–Trinajstić information content (AvgIpc) is 2.72. The summed E-state index contributed by atoms with van der Waals surface area (Å²) in [5.41, 5.74) is 0.647. The molecule has 0 unspecified atom stereocenters. The number of hydrogen-bond acceptors (Lipinski definition) is 4. The molecule has 0 radical (unpaired) electrons. The van der Waals surface area contributed by atoms with Crippen molar-refractivity contribution in [3.8, 4) is 0 Å². The third-order valence-corrected chi connectivity index (χ3v) is 2.57. The third kappa shape index (κ3) is 2.51. The molecule has 0 saturated heterocycles. The molecule has 1 aromatic rings. The molecule has 1 amide bonds. The molecule has 1 aliphatic heterocycles. The molecule has 1 heterocycles. The van der Waals surface area contributed by atoms with Gasteiger partial charge in [0.25, 0.3) is 5.91 Å². The predicted molar refractivity (Wildman–Crippen MR) is 67.6 cm³/mol. The van der Waals surface area contributed by atoms with Crippen molar-refractivity contribution in [3.05, 3.63) is 29.3 Å². The first-order chi connectivity index (χ1) is 8.61. The number of ether oxygens (including phenoxy) is 1. The van der Waals surface area contributed by atoms with E-state index in [1.54, 1.807) is 31.2 Å². The minimum Gasteiger partial charge on any atom is -0.461 e. The molecular formula is C12H11ClN2O3. The van der Waals surface area contributed by atoms with E-state index in [1.165, 1.54) is 0 Å². The van der Waals surface area contributed by atoms with Crippen molar-refractivity contribution in [2.75, 3.05) is 11.6 Å². The zero-order valence-corrected chi connectivity index (χ0v) is 10.5. The van der Waals surface area contributed by atoms with Gasteiger partial charge in [0.15, 0.2) is 5.71 Å². The Balaban J connectivity index is 2.24. The second-order valence-corrected chi connectivity index (χ2v) is 4.07. The van der Waals surface area contributed by atoms with Crippen molar-refractivity contribution < 1.29 is 14.3 Å². The summed E-state index contributed by atoms with van der Waals surface area (Å²) in [6, 6.07) is 6.71. The molecule has 0 saturated carbocycles. The van der Waals surface area contributed by atoms with Gasteiger partial charge in [-0.25, -0.2) is 4.79 Å². The number of anilines is 1. The number of halogens is 1. The first kappa shape index (κ1) is 12.6. The van der Waals surface area contributed by atoms with Crippen LogP contribution in [0.1, 0.15) is 13.3 Å². The van der Waals surface area contributed by atoms with E-state index in [4.69, 9.17) is 16.3 Å². The van der Waals surface area contributed by atoms with Crippen molar-refractivity contribution in [1.29, 1.82) is 0 Å². The summed E-state index contributed by atoms with van der Waals surface area (Å²) in [6.45, 7) is 1.95. The maximum atomic E-state index is 11.8. The fourth-order valence-corrected chi connectivity index (χ4v) is 1.75. The maximum absolute atomic E-state index is 11.8. The smallest absolute Gasteiger partial charge is 0.355 e. The van der Waals surface area contributed by atoms with Gasteiger partial charge in [-0.1, -0.05) is 17.7 Å².